The van der Waals surface area contributed by atoms with Crippen LogP contribution in [0.3, 0.4) is 0 Å². The summed E-state index contributed by atoms with van der Waals surface area (Å²) in [7, 11) is 1.59. The quantitative estimate of drug-likeness (QED) is 0.638. The van der Waals surface area contributed by atoms with E-state index in [0.29, 0.717) is 24.6 Å². The van der Waals surface area contributed by atoms with Gasteiger partial charge in [0.25, 0.3) is 0 Å². The zero-order valence-electron chi connectivity index (χ0n) is 14.4. The monoisotopic (exact) mass is 352 g/mol. The average molecular weight is 352 g/mol. The maximum atomic E-state index is 10.6. The largest absolute Gasteiger partial charge is 0.481 e. The lowest BCUT2D eigenvalue weighted by Crippen LogP contribution is -2.04. The zero-order chi connectivity index (χ0) is 18.4. The number of benzene rings is 1. The lowest BCUT2D eigenvalue weighted by atomic mass is 10.1. The zero-order valence-corrected chi connectivity index (χ0v) is 14.4. The molecule has 1 aromatic carbocycles. The number of carboxylic acids is 1. The van der Waals surface area contributed by atoms with Crippen molar-refractivity contribution in [2.45, 2.75) is 19.4 Å². The van der Waals surface area contributed by atoms with Crippen molar-refractivity contribution in [3.8, 4) is 17.3 Å². The molecular weight excluding hydrogens is 332 g/mol. The van der Waals surface area contributed by atoms with E-state index in [0.717, 1.165) is 22.5 Å². The summed E-state index contributed by atoms with van der Waals surface area (Å²) >= 11 is 0. The summed E-state index contributed by atoms with van der Waals surface area (Å²) in [5.41, 5.74) is 3.59. The van der Waals surface area contributed by atoms with Gasteiger partial charge >= 0.3 is 5.97 Å². The molecular formula is C20H20N2O4. The van der Waals surface area contributed by atoms with Crippen molar-refractivity contribution < 1.29 is 19.1 Å². The fourth-order valence-electron chi connectivity index (χ4n) is 2.58. The number of ether oxygens (including phenoxy) is 1. The molecule has 0 saturated carbocycles. The second kappa shape index (κ2) is 8.20. The van der Waals surface area contributed by atoms with Crippen molar-refractivity contribution in [1.29, 1.82) is 0 Å². The molecule has 26 heavy (non-hydrogen) atoms. The molecule has 2 N–H and O–H groups in total. The van der Waals surface area contributed by atoms with E-state index < -0.39 is 5.97 Å². The number of furan rings is 1. The number of carboxylic acid groups (broad SMARTS) is 1. The smallest absolute Gasteiger partial charge is 0.303 e. The first kappa shape index (κ1) is 17.5. The Morgan fingerprint density at radius 2 is 2.00 bits per heavy atom. The first-order valence-corrected chi connectivity index (χ1v) is 8.28. The van der Waals surface area contributed by atoms with E-state index >= 15 is 0 Å². The number of aliphatic carboxylic acids is 1. The molecule has 2 aromatic heterocycles. The summed E-state index contributed by atoms with van der Waals surface area (Å²) in [6.07, 6.45) is 2.28. The third-order valence-corrected chi connectivity index (χ3v) is 3.97. The molecule has 0 saturated heterocycles. The van der Waals surface area contributed by atoms with Crippen LogP contribution in [0.2, 0.25) is 0 Å². The van der Waals surface area contributed by atoms with Gasteiger partial charge in [-0.15, -0.1) is 0 Å². The topological polar surface area (TPSA) is 84.6 Å². The maximum absolute atomic E-state index is 10.6. The first-order chi connectivity index (χ1) is 12.7. The number of hydrogen-bond donors (Lipinski definition) is 2. The number of pyridine rings is 1. The minimum Gasteiger partial charge on any atom is -0.481 e. The Morgan fingerprint density at radius 3 is 2.65 bits per heavy atom. The minimum absolute atomic E-state index is 0.137. The summed E-state index contributed by atoms with van der Waals surface area (Å²) in [6, 6.07) is 15.3. The highest BCUT2D eigenvalue weighted by Gasteiger charge is 2.09. The van der Waals surface area contributed by atoms with E-state index in [1.807, 2.05) is 48.5 Å². The van der Waals surface area contributed by atoms with Crippen LogP contribution >= 0.6 is 0 Å². The highest BCUT2D eigenvalue weighted by Crippen LogP contribution is 2.24. The predicted octanol–water partition coefficient (Wildman–Crippen LogP) is 3.98. The average Bonchev–Trinajstić information content (AvgIpc) is 3.20. The number of methoxy groups -OCH3 is 1. The summed E-state index contributed by atoms with van der Waals surface area (Å²) in [5, 5.41) is 12.1. The Kier molecular flexibility index (Phi) is 5.53. The van der Waals surface area contributed by atoms with Gasteiger partial charge in [0.1, 0.15) is 5.69 Å². The number of rotatable bonds is 8. The van der Waals surface area contributed by atoms with Gasteiger partial charge in [-0.2, -0.15) is 0 Å². The number of nitrogens with zero attached hydrogens (tertiary/aromatic N) is 1. The molecule has 0 aliphatic rings. The second-order valence-electron chi connectivity index (χ2n) is 5.79. The van der Waals surface area contributed by atoms with Crippen LogP contribution in [0, 0.1) is 0 Å². The molecule has 6 nitrogen and oxygen atoms in total. The minimum atomic E-state index is -0.787. The number of carbonyl (C=O) groups is 1. The van der Waals surface area contributed by atoms with Crippen LogP contribution < -0.4 is 10.1 Å². The van der Waals surface area contributed by atoms with E-state index in [1.165, 1.54) is 0 Å². The second-order valence-corrected chi connectivity index (χ2v) is 5.79. The van der Waals surface area contributed by atoms with Gasteiger partial charge < -0.3 is 19.6 Å². The predicted molar refractivity (Wildman–Crippen MR) is 98.2 cm³/mol. The lowest BCUT2D eigenvalue weighted by molar-refractivity contribution is -0.136. The van der Waals surface area contributed by atoms with Crippen molar-refractivity contribution >= 4 is 11.7 Å². The summed E-state index contributed by atoms with van der Waals surface area (Å²) in [5.74, 6) is 0.453. The molecule has 0 aliphatic carbocycles. The summed E-state index contributed by atoms with van der Waals surface area (Å²) in [4.78, 5) is 15.1. The molecule has 0 radical (unpaired) electrons. The molecule has 0 bridgehead atoms. The normalized spacial score (nSPS) is 10.5. The van der Waals surface area contributed by atoms with Crippen LogP contribution in [0.1, 0.15) is 17.5 Å². The molecule has 0 amide bonds. The van der Waals surface area contributed by atoms with Gasteiger partial charge in [-0.1, -0.05) is 12.1 Å². The molecule has 0 fully saturated rings. The third kappa shape index (κ3) is 4.42. The number of anilines is 1. The van der Waals surface area contributed by atoms with Crippen molar-refractivity contribution in [2.75, 3.05) is 12.4 Å². The van der Waals surface area contributed by atoms with Gasteiger partial charge in [-0.3, -0.25) is 4.79 Å². The summed E-state index contributed by atoms with van der Waals surface area (Å²) < 4.78 is 10.8. The van der Waals surface area contributed by atoms with Gasteiger partial charge in [0.2, 0.25) is 5.88 Å². The lowest BCUT2D eigenvalue weighted by Gasteiger charge is -2.11. The van der Waals surface area contributed by atoms with E-state index in [4.69, 9.17) is 14.3 Å². The van der Waals surface area contributed by atoms with Crippen molar-refractivity contribution in [3.05, 3.63) is 65.9 Å². The molecule has 0 atom stereocenters. The van der Waals surface area contributed by atoms with Crippen LogP contribution in [0.25, 0.3) is 11.5 Å². The fraction of sp³-hybridized carbons (Fsp3) is 0.200. The molecule has 0 spiro atoms. The van der Waals surface area contributed by atoms with Gasteiger partial charge in [-0.25, -0.2) is 4.98 Å². The highest BCUT2D eigenvalue weighted by molar-refractivity contribution is 5.67. The Bertz CT molecular complexity index is 858. The van der Waals surface area contributed by atoms with Gasteiger partial charge in [0.15, 0.2) is 5.76 Å². The molecule has 3 aromatic rings. The molecule has 6 heteroatoms. The van der Waals surface area contributed by atoms with Gasteiger partial charge in [0.05, 0.1) is 13.4 Å². The fourth-order valence-corrected chi connectivity index (χ4v) is 2.58. The molecule has 0 aliphatic heterocycles. The molecule has 0 unspecified atom stereocenters. The Hall–Kier alpha value is -3.28. The van der Waals surface area contributed by atoms with Crippen LogP contribution in [-0.4, -0.2) is 23.2 Å². The summed E-state index contributed by atoms with van der Waals surface area (Å²) in [6.45, 7) is 0.559. The highest BCUT2D eigenvalue weighted by atomic mass is 16.5. The number of aryl methyl sites for hydroxylation is 1. The van der Waals surface area contributed by atoms with Gasteiger partial charge in [0, 0.05) is 24.2 Å². The molecule has 2 heterocycles. The van der Waals surface area contributed by atoms with Crippen molar-refractivity contribution in [2.24, 2.45) is 0 Å². The maximum Gasteiger partial charge on any atom is 0.303 e. The third-order valence-electron chi connectivity index (χ3n) is 3.97. The van der Waals surface area contributed by atoms with E-state index in [1.54, 1.807) is 13.4 Å². The van der Waals surface area contributed by atoms with E-state index in [-0.39, 0.29) is 6.42 Å². The standard InChI is InChI=1S/C20H20N2O4/c1-25-20-15(7-10-17(22-20)18-3-2-12-26-18)13-21-16-8-4-14(5-9-16)6-11-19(23)24/h2-5,7-10,12,21H,6,11,13H2,1H3,(H,23,24). The van der Waals surface area contributed by atoms with Crippen molar-refractivity contribution in [1.82, 2.24) is 4.98 Å². The van der Waals surface area contributed by atoms with Crippen molar-refractivity contribution in [3.63, 3.8) is 0 Å². The SMILES string of the molecule is COc1nc(-c2ccco2)ccc1CNc1ccc(CCC(=O)O)cc1. The van der Waals surface area contributed by atoms with E-state index in [2.05, 4.69) is 10.3 Å². The Labute approximate surface area is 151 Å². The van der Waals surface area contributed by atoms with Crippen LogP contribution in [0.15, 0.2) is 59.2 Å². The number of hydrogen-bond acceptors (Lipinski definition) is 5. The van der Waals surface area contributed by atoms with Gasteiger partial charge in [-0.05, 0) is 48.4 Å². The number of nitrogens with one attached hydrogen (secondary N) is 1. The van der Waals surface area contributed by atoms with Crippen LogP contribution in [0.4, 0.5) is 5.69 Å². The van der Waals surface area contributed by atoms with Crippen LogP contribution in [0.5, 0.6) is 5.88 Å². The first-order valence-electron chi connectivity index (χ1n) is 8.28. The molecule has 3 rings (SSSR count). The molecule has 134 valence electrons. The van der Waals surface area contributed by atoms with E-state index in [9.17, 15) is 4.79 Å². The number of aromatic nitrogens is 1. The Balaban J connectivity index is 1.64. The van der Waals surface area contributed by atoms with Crippen LogP contribution in [-0.2, 0) is 17.8 Å². The Morgan fingerprint density at radius 1 is 1.19 bits per heavy atom.